The summed E-state index contributed by atoms with van der Waals surface area (Å²) in [6.07, 6.45) is 4.38. The zero-order valence-corrected chi connectivity index (χ0v) is 11.4. The minimum Gasteiger partial charge on any atom is -0.319 e. The molecule has 0 aliphatic heterocycles. The Balaban J connectivity index is 2.03. The van der Waals surface area contributed by atoms with Crippen LogP contribution >= 0.6 is 0 Å². The zero-order valence-electron chi connectivity index (χ0n) is 11.4. The molecule has 2 N–H and O–H groups in total. The molecule has 1 aliphatic carbocycles. The fourth-order valence-electron chi connectivity index (χ4n) is 2.67. The number of hydrogen-bond donors (Lipinski definition) is 1. The molecule has 0 bridgehead atoms. The van der Waals surface area contributed by atoms with Gasteiger partial charge in [-0.3, -0.25) is 4.79 Å². The lowest BCUT2D eigenvalue weighted by Gasteiger charge is -2.21. The molecule has 1 fully saturated rings. The second kappa shape index (κ2) is 5.23. The van der Waals surface area contributed by atoms with E-state index in [1.165, 1.54) is 5.56 Å². The monoisotopic (exact) mass is 245 g/mol. The van der Waals surface area contributed by atoms with Crippen LogP contribution in [0.1, 0.15) is 56.6 Å². The second-order valence-corrected chi connectivity index (χ2v) is 5.86. The second-order valence-electron chi connectivity index (χ2n) is 5.86. The standard InChI is InChI=1S/C16H23NO/c1-12(2)14-7-5-13(6-8-14)11-15(18)16(17)9-3-4-10-16/h5-8,12H,3-4,9-11,17H2,1-2H3. The van der Waals surface area contributed by atoms with Crippen LogP contribution in [0, 0.1) is 0 Å². The van der Waals surface area contributed by atoms with Crippen LogP contribution < -0.4 is 5.73 Å². The maximum atomic E-state index is 12.2. The Kier molecular flexibility index (Phi) is 3.86. The van der Waals surface area contributed by atoms with Gasteiger partial charge in [-0.15, -0.1) is 0 Å². The van der Waals surface area contributed by atoms with Crippen molar-refractivity contribution in [3.05, 3.63) is 35.4 Å². The summed E-state index contributed by atoms with van der Waals surface area (Å²) in [5.74, 6) is 0.739. The molecule has 0 aromatic heterocycles. The maximum absolute atomic E-state index is 12.2. The first kappa shape index (κ1) is 13.3. The normalized spacial score (nSPS) is 18.2. The van der Waals surface area contributed by atoms with Crippen molar-refractivity contribution in [2.75, 3.05) is 0 Å². The van der Waals surface area contributed by atoms with Gasteiger partial charge in [0.1, 0.15) is 0 Å². The van der Waals surface area contributed by atoms with Crippen molar-refractivity contribution in [1.29, 1.82) is 0 Å². The summed E-state index contributed by atoms with van der Waals surface area (Å²) in [6.45, 7) is 4.35. The highest BCUT2D eigenvalue weighted by Crippen LogP contribution is 2.29. The molecule has 0 atom stereocenters. The fourth-order valence-corrected chi connectivity index (χ4v) is 2.67. The van der Waals surface area contributed by atoms with Gasteiger partial charge in [0.05, 0.1) is 5.54 Å². The number of carbonyl (C=O) groups excluding carboxylic acids is 1. The molecule has 0 amide bonds. The van der Waals surface area contributed by atoms with Crippen LogP contribution in [-0.4, -0.2) is 11.3 Å². The minimum atomic E-state index is -0.545. The molecule has 2 rings (SSSR count). The number of nitrogens with two attached hydrogens (primary N) is 1. The van der Waals surface area contributed by atoms with Gasteiger partial charge >= 0.3 is 0 Å². The van der Waals surface area contributed by atoms with Crippen LogP contribution in [0.2, 0.25) is 0 Å². The van der Waals surface area contributed by atoms with Crippen molar-refractivity contribution in [2.45, 2.75) is 57.4 Å². The number of carbonyl (C=O) groups is 1. The van der Waals surface area contributed by atoms with E-state index in [-0.39, 0.29) is 5.78 Å². The lowest BCUT2D eigenvalue weighted by Crippen LogP contribution is -2.46. The highest BCUT2D eigenvalue weighted by Gasteiger charge is 2.36. The van der Waals surface area contributed by atoms with E-state index in [0.29, 0.717) is 12.3 Å². The third-order valence-electron chi connectivity index (χ3n) is 4.06. The van der Waals surface area contributed by atoms with Gasteiger partial charge in [-0.1, -0.05) is 51.0 Å². The number of rotatable bonds is 4. The quantitative estimate of drug-likeness (QED) is 0.885. The molecule has 2 nitrogen and oxygen atoms in total. The van der Waals surface area contributed by atoms with E-state index in [2.05, 4.69) is 38.1 Å². The summed E-state index contributed by atoms with van der Waals surface area (Å²) in [4.78, 5) is 12.2. The van der Waals surface area contributed by atoms with Gasteiger partial charge in [-0.2, -0.15) is 0 Å². The SMILES string of the molecule is CC(C)c1ccc(CC(=O)C2(N)CCCC2)cc1. The van der Waals surface area contributed by atoms with Gasteiger partial charge in [0.15, 0.2) is 5.78 Å². The third kappa shape index (κ3) is 2.81. The predicted octanol–water partition coefficient (Wildman–Crippen LogP) is 3.19. The van der Waals surface area contributed by atoms with Crippen molar-refractivity contribution >= 4 is 5.78 Å². The van der Waals surface area contributed by atoms with Crippen LogP contribution in [0.15, 0.2) is 24.3 Å². The first-order chi connectivity index (χ1) is 8.51. The molecule has 18 heavy (non-hydrogen) atoms. The number of ketones is 1. The van der Waals surface area contributed by atoms with Gasteiger partial charge in [0.25, 0.3) is 0 Å². The highest BCUT2D eigenvalue weighted by molar-refractivity contribution is 5.90. The molecule has 1 saturated carbocycles. The summed E-state index contributed by atoms with van der Waals surface area (Å²) in [7, 11) is 0. The van der Waals surface area contributed by atoms with E-state index < -0.39 is 5.54 Å². The van der Waals surface area contributed by atoms with E-state index >= 15 is 0 Å². The van der Waals surface area contributed by atoms with Gasteiger partial charge in [0, 0.05) is 6.42 Å². The van der Waals surface area contributed by atoms with E-state index in [9.17, 15) is 4.79 Å². The minimum absolute atomic E-state index is 0.206. The summed E-state index contributed by atoms with van der Waals surface area (Å²) >= 11 is 0. The molecule has 98 valence electrons. The maximum Gasteiger partial charge on any atom is 0.156 e. The smallest absolute Gasteiger partial charge is 0.156 e. The molecule has 0 unspecified atom stereocenters. The van der Waals surface area contributed by atoms with Gasteiger partial charge in [-0.25, -0.2) is 0 Å². The van der Waals surface area contributed by atoms with E-state index in [1.54, 1.807) is 0 Å². The zero-order chi connectivity index (χ0) is 13.2. The van der Waals surface area contributed by atoms with Crippen molar-refractivity contribution < 1.29 is 4.79 Å². The summed E-state index contributed by atoms with van der Waals surface area (Å²) < 4.78 is 0. The lowest BCUT2D eigenvalue weighted by atomic mass is 9.89. The topological polar surface area (TPSA) is 43.1 Å². The molecule has 0 radical (unpaired) electrons. The Labute approximate surface area is 110 Å². The Morgan fingerprint density at radius 1 is 1.22 bits per heavy atom. The number of Topliss-reactive ketones (excluding diaryl/α,β-unsaturated/α-hetero) is 1. The van der Waals surface area contributed by atoms with Gasteiger partial charge in [-0.05, 0) is 29.9 Å². The first-order valence-corrected chi connectivity index (χ1v) is 6.92. The fraction of sp³-hybridized carbons (Fsp3) is 0.562. The third-order valence-corrected chi connectivity index (χ3v) is 4.06. The first-order valence-electron chi connectivity index (χ1n) is 6.92. The van der Waals surface area contributed by atoms with E-state index in [4.69, 9.17) is 5.73 Å². The predicted molar refractivity (Wildman–Crippen MR) is 74.6 cm³/mol. The average Bonchev–Trinajstić information content (AvgIpc) is 2.78. The Morgan fingerprint density at radius 3 is 2.28 bits per heavy atom. The van der Waals surface area contributed by atoms with E-state index in [1.807, 2.05) is 0 Å². The number of benzene rings is 1. The molecule has 0 spiro atoms. The molecule has 1 aromatic carbocycles. The average molecular weight is 245 g/mol. The Hall–Kier alpha value is -1.15. The van der Waals surface area contributed by atoms with Crippen LogP contribution in [0.4, 0.5) is 0 Å². The van der Waals surface area contributed by atoms with Crippen LogP contribution in [-0.2, 0) is 11.2 Å². The van der Waals surface area contributed by atoms with Crippen LogP contribution in [0.5, 0.6) is 0 Å². The molecule has 0 heterocycles. The van der Waals surface area contributed by atoms with Crippen LogP contribution in [0.3, 0.4) is 0 Å². The molecular weight excluding hydrogens is 222 g/mol. The molecule has 1 aromatic rings. The molecule has 2 heteroatoms. The van der Waals surface area contributed by atoms with Gasteiger partial charge in [0.2, 0.25) is 0 Å². The number of hydrogen-bond acceptors (Lipinski definition) is 2. The van der Waals surface area contributed by atoms with Crippen LogP contribution in [0.25, 0.3) is 0 Å². The van der Waals surface area contributed by atoms with Crippen molar-refractivity contribution in [3.63, 3.8) is 0 Å². The summed E-state index contributed by atoms with van der Waals surface area (Å²) in [5.41, 5.74) is 8.03. The van der Waals surface area contributed by atoms with Crippen molar-refractivity contribution in [3.8, 4) is 0 Å². The molecule has 0 saturated heterocycles. The van der Waals surface area contributed by atoms with E-state index in [0.717, 1.165) is 31.2 Å². The lowest BCUT2D eigenvalue weighted by molar-refractivity contribution is -0.123. The Bertz CT molecular complexity index is 413. The highest BCUT2D eigenvalue weighted by atomic mass is 16.1. The molecular formula is C16H23NO. The van der Waals surface area contributed by atoms with Crippen molar-refractivity contribution in [2.24, 2.45) is 5.73 Å². The molecule has 1 aliphatic rings. The largest absolute Gasteiger partial charge is 0.319 e. The Morgan fingerprint density at radius 2 is 1.78 bits per heavy atom. The summed E-state index contributed by atoms with van der Waals surface area (Å²) in [6, 6.07) is 8.35. The van der Waals surface area contributed by atoms with Crippen molar-refractivity contribution in [1.82, 2.24) is 0 Å². The van der Waals surface area contributed by atoms with Gasteiger partial charge < -0.3 is 5.73 Å². The summed E-state index contributed by atoms with van der Waals surface area (Å²) in [5, 5.41) is 0.